The third-order valence-corrected chi connectivity index (χ3v) is 18.5. The molecule has 0 amide bonds. The van der Waals surface area contributed by atoms with E-state index in [1.807, 2.05) is 18.5 Å². The molecule has 8 heteroatoms. The van der Waals surface area contributed by atoms with Crippen LogP contribution in [0.4, 0.5) is 0 Å². The van der Waals surface area contributed by atoms with Crippen LogP contribution in [0.5, 0.6) is 0 Å². The van der Waals surface area contributed by atoms with Crippen LogP contribution in [0.3, 0.4) is 0 Å². The predicted octanol–water partition coefficient (Wildman–Crippen LogP) is 22.1. The number of aromatic nitrogens is 8. The van der Waals surface area contributed by atoms with Crippen molar-refractivity contribution in [3.8, 4) is 124 Å². The maximum Gasteiger partial charge on any atom is 0.164 e. The average Bonchev–Trinajstić information content (AvgIpc) is 0.845. The lowest BCUT2D eigenvalue weighted by Crippen LogP contribution is -2.00. The Morgan fingerprint density at radius 2 is 0.469 bits per heavy atom. The fourth-order valence-corrected chi connectivity index (χ4v) is 13.6. The molecule has 18 rings (SSSR count). The Balaban J connectivity index is 0.650. The molecule has 14 aromatic carbocycles. The first kappa shape index (κ1) is 55.8. The molecule has 0 fully saturated rings. The van der Waals surface area contributed by atoms with E-state index in [1.54, 1.807) is 0 Å². The average molecular weight is 1220 g/mol. The molecule has 96 heavy (non-hydrogen) atoms. The number of fused-ring (bicyclic) bond motifs is 6. The van der Waals surface area contributed by atoms with Gasteiger partial charge in [0.15, 0.2) is 34.9 Å². The van der Waals surface area contributed by atoms with Gasteiger partial charge < -0.3 is 0 Å². The van der Waals surface area contributed by atoms with Crippen molar-refractivity contribution in [3.63, 3.8) is 0 Å². The minimum atomic E-state index is 0.587. The van der Waals surface area contributed by atoms with Crippen molar-refractivity contribution in [3.05, 3.63) is 328 Å². The molecule has 0 unspecified atom stereocenters. The molecule has 0 aliphatic heterocycles. The minimum absolute atomic E-state index is 0.587. The largest absolute Gasteiger partial charge is 0.256 e. The Bertz CT molecular complexity index is 5820. The predicted molar refractivity (Wildman–Crippen MR) is 394 cm³/mol. The molecule has 0 spiro atoms. The molecule has 0 saturated heterocycles. The molecule has 0 aliphatic rings. The van der Waals surface area contributed by atoms with E-state index in [2.05, 4.69) is 309 Å². The number of benzene rings is 14. The summed E-state index contributed by atoms with van der Waals surface area (Å²) in [5.41, 5.74) is 16.0. The van der Waals surface area contributed by atoms with E-state index in [9.17, 15) is 0 Å². The molecule has 4 aromatic heterocycles. The zero-order valence-corrected chi connectivity index (χ0v) is 51.8. The molecule has 18 aromatic rings. The molecule has 0 radical (unpaired) electrons. The van der Waals surface area contributed by atoms with Crippen LogP contribution in [0.1, 0.15) is 0 Å². The van der Waals surface area contributed by atoms with Crippen LogP contribution >= 0.6 is 0 Å². The second-order valence-electron chi connectivity index (χ2n) is 24.3. The lowest BCUT2D eigenvalue weighted by molar-refractivity contribution is 1.07. The summed E-state index contributed by atoms with van der Waals surface area (Å²) in [6.45, 7) is 0. The van der Waals surface area contributed by atoms with E-state index >= 15 is 0 Å². The highest BCUT2D eigenvalue weighted by atomic mass is 15.0. The first-order valence-corrected chi connectivity index (χ1v) is 32.2. The van der Waals surface area contributed by atoms with Crippen LogP contribution in [-0.4, -0.2) is 39.9 Å². The summed E-state index contributed by atoms with van der Waals surface area (Å²) in [6, 6.07) is 111. The third-order valence-electron chi connectivity index (χ3n) is 18.5. The second-order valence-corrected chi connectivity index (χ2v) is 24.3. The number of nitrogens with zero attached hydrogens (tertiary/aromatic N) is 8. The molecule has 0 bridgehead atoms. The summed E-state index contributed by atoms with van der Waals surface area (Å²) in [5.74, 6) is 3.60. The lowest BCUT2D eigenvalue weighted by atomic mass is 9.92. The van der Waals surface area contributed by atoms with Gasteiger partial charge in [0.1, 0.15) is 0 Å². The summed E-state index contributed by atoms with van der Waals surface area (Å²) in [6.07, 6.45) is 3.79. The molecule has 0 N–H and O–H groups in total. The van der Waals surface area contributed by atoms with Crippen molar-refractivity contribution in [2.24, 2.45) is 0 Å². The second kappa shape index (κ2) is 23.6. The van der Waals surface area contributed by atoms with Crippen molar-refractivity contribution in [2.45, 2.75) is 0 Å². The van der Waals surface area contributed by atoms with Crippen LogP contribution in [-0.2, 0) is 0 Å². The van der Waals surface area contributed by atoms with Crippen molar-refractivity contribution < 1.29 is 0 Å². The molecular weight excluding hydrogens is 1170 g/mol. The maximum atomic E-state index is 5.19. The van der Waals surface area contributed by atoms with Crippen LogP contribution in [0.2, 0.25) is 0 Å². The zero-order chi connectivity index (χ0) is 63.5. The standard InChI is InChI=1S/C88H54N8/c1-3-16-67-52-71(44-26-55(67)12-1)87-94-86(95-88(96-87)72-45-27-56-13-2-4-17-68(56)53-72)66-42-34-62(35-43-66)82-80-25-11-24-76(79(80)49-51-90-82)70-46-47-77-69(54-70)19-10-23-75(77)60-30-38-64(39-31-60)84-91-83(63-36-28-59(29-37-63)74-22-9-18-57-14-5-7-20-73(57)74)92-85(93-84)65-40-32-61(33-41-65)81-78-21-8-6-15-58(78)48-50-89-81/h1-54H. The molecule has 0 atom stereocenters. The van der Waals surface area contributed by atoms with Gasteiger partial charge in [0.05, 0.1) is 11.4 Å². The van der Waals surface area contributed by atoms with Gasteiger partial charge in [-0.05, 0) is 118 Å². The highest BCUT2D eigenvalue weighted by molar-refractivity contribution is 6.06. The van der Waals surface area contributed by atoms with Crippen molar-refractivity contribution in [1.82, 2.24) is 39.9 Å². The summed E-state index contributed by atoms with van der Waals surface area (Å²) >= 11 is 0. The van der Waals surface area contributed by atoms with Crippen molar-refractivity contribution >= 4 is 64.6 Å². The normalized spacial score (nSPS) is 11.5. The third kappa shape index (κ3) is 10.3. The highest BCUT2D eigenvalue weighted by Gasteiger charge is 2.19. The number of pyridine rings is 2. The van der Waals surface area contributed by atoms with Crippen molar-refractivity contribution in [2.75, 3.05) is 0 Å². The van der Waals surface area contributed by atoms with Gasteiger partial charge in [-0.25, -0.2) is 29.9 Å². The van der Waals surface area contributed by atoms with Crippen LogP contribution < -0.4 is 0 Å². The van der Waals surface area contributed by atoms with Gasteiger partial charge in [0.2, 0.25) is 0 Å². The van der Waals surface area contributed by atoms with Crippen molar-refractivity contribution in [1.29, 1.82) is 0 Å². The van der Waals surface area contributed by atoms with E-state index in [0.29, 0.717) is 34.9 Å². The fraction of sp³-hybridized carbons (Fsp3) is 0. The molecule has 8 nitrogen and oxygen atoms in total. The fourth-order valence-electron chi connectivity index (χ4n) is 13.6. The molecule has 0 saturated carbocycles. The van der Waals surface area contributed by atoms with Gasteiger partial charge >= 0.3 is 0 Å². The summed E-state index contributed by atoms with van der Waals surface area (Å²) in [5, 5.41) is 13.7. The molecule has 446 valence electrons. The van der Waals surface area contributed by atoms with Crippen LogP contribution in [0.15, 0.2) is 328 Å². The number of hydrogen-bond acceptors (Lipinski definition) is 8. The van der Waals surface area contributed by atoms with Gasteiger partial charge in [-0.2, -0.15) is 0 Å². The number of rotatable bonds is 11. The highest BCUT2D eigenvalue weighted by Crippen LogP contribution is 2.40. The topological polar surface area (TPSA) is 103 Å². The van der Waals surface area contributed by atoms with Gasteiger partial charge in [0, 0.05) is 67.7 Å². The SMILES string of the molecule is c1ccc2cc(-c3nc(-c4ccc(-c5nccc6c(-c7ccc8c(-c9ccc(-c%10nc(-c%11ccc(-c%12cccc%13ccccc%12%13)cc%11)nc(-c%11ccc(-c%12nccc%13ccccc%12%13)cc%11)n%10)cc9)cccc8c7)cccc56)cc4)nc(-c4ccc5ccccc5c4)n3)ccc2c1. The Hall–Kier alpha value is -13.0. The number of hydrogen-bond donors (Lipinski definition) is 0. The van der Waals surface area contributed by atoms with E-state index in [1.165, 1.54) is 16.3 Å². The summed E-state index contributed by atoms with van der Waals surface area (Å²) < 4.78 is 0. The Labute approximate surface area is 553 Å². The molecule has 4 heterocycles. The molecule has 0 aliphatic carbocycles. The maximum absolute atomic E-state index is 5.19. The first-order valence-electron chi connectivity index (χ1n) is 32.2. The smallest absolute Gasteiger partial charge is 0.164 e. The van der Waals surface area contributed by atoms with Crippen LogP contribution in [0.25, 0.3) is 189 Å². The first-order chi connectivity index (χ1) is 47.5. The van der Waals surface area contributed by atoms with Gasteiger partial charge in [-0.3, -0.25) is 9.97 Å². The summed E-state index contributed by atoms with van der Waals surface area (Å²) in [4.78, 5) is 40.7. The monoisotopic (exact) mass is 1220 g/mol. The minimum Gasteiger partial charge on any atom is -0.256 e. The Morgan fingerprint density at radius 3 is 0.979 bits per heavy atom. The van der Waals surface area contributed by atoms with Crippen LogP contribution in [0, 0.1) is 0 Å². The lowest BCUT2D eigenvalue weighted by Gasteiger charge is -2.13. The molecular formula is C88H54N8. The van der Waals surface area contributed by atoms with E-state index < -0.39 is 0 Å². The Kier molecular flexibility index (Phi) is 13.7. The zero-order valence-electron chi connectivity index (χ0n) is 51.8. The quantitative estimate of drug-likeness (QED) is 0.126. The Morgan fingerprint density at radius 1 is 0.156 bits per heavy atom. The van der Waals surface area contributed by atoms with E-state index in [0.717, 1.165) is 138 Å². The summed E-state index contributed by atoms with van der Waals surface area (Å²) in [7, 11) is 0. The van der Waals surface area contributed by atoms with Gasteiger partial charge in [0.25, 0.3) is 0 Å². The van der Waals surface area contributed by atoms with Gasteiger partial charge in [-0.15, -0.1) is 0 Å². The van der Waals surface area contributed by atoms with Gasteiger partial charge in [-0.1, -0.05) is 285 Å². The van der Waals surface area contributed by atoms with E-state index in [4.69, 9.17) is 39.9 Å². The van der Waals surface area contributed by atoms with E-state index in [-0.39, 0.29) is 0 Å².